The van der Waals surface area contributed by atoms with Gasteiger partial charge in [-0.3, -0.25) is 0 Å². The van der Waals surface area contributed by atoms with Crippen molar-refractivity contribution in [1.29, 1.82) is 0 Å². The van der Waals surface area contributed by atoms with E-state index in [9.17, 15) is 0 Å². The van der Waals surface area contributed by atoms with Gasteiger partial charge in [-0.05, 0) is 77.8 Å². The summed E-state index contributed by atoms with van der Waals surface area (Å²) in [4.78, 5) is 2.49. The van der Waals surface area contributed by atoms with Crippen molar-refractivity contribution in [2.75, 3.05) is 4.90 Å². The third kappa shape index (κ3) is 4.32. The van der Waals surface area contributed by atoms with Crippen LogP contribution in [0, 0.1) is 19.8 Å². The standard InChI is InChI=1S/C42H39NO/c1-7-8-18-31-29(4)26-34-27(2)15-10-9-11-17-30(34)22-25-36(31)43-37-20-14-16-28(3)39(37)42(5,6)35-24-23-33-32-19-12-13-21-38(32)44-41(33)40(35)43/h7-15,17-26,28H,1,16H2,2-6H3/b10-9?,11-9?,15-10?,17-11?,18-8-,25-22?,27-15?,29-26?,30-17?,30-22?,31-29?,34-26?,34-27?,34-30?,36-25?,36-31?. The lowest BCUT2D eigenvalue weighted by Gasteiger charge is -2.46. The molecule has 0 saturated heterocycles. The highest BCUT2D eigenvalue weighted by Gasteiger charge is 2.43. The van der Waals surface area contributed by atoms with Crippen molar-refractivity contribution < 1.29 is 4.42 Å². The monoisotopic (exact) mass is 573 g/mol. The predicted molar refractivity (Wildman–Crippen MR) is 188 cm³/mol. The molecule has 0 fully saturated rings. The van der Waals surface area contributed by atoms with Gasteiger partial charge in [0.15, 0.2) is 5.58 Å². The maximum absolute atomic E-state index is 6.78. The summed E-state index contributed by atoms with van der Waals surface area (Å²) in [5, 5.41) is 2.29. The molecule has 0 spiro atoms. The van der Waals surface area contributed by atoms with E-state index in [4.69, 9.17) is 4.42 Å². The summed E-state index contributed by atoms with van der Waals surface area (Å²) in [6.07, 6.45) is 11.8. The van der Waals surface area contributed by atoms with Crippen LogP contribution in [0.4, 0.5) is 11.4 Å². The Kier molecular flexibility index (Phi) is 6.81. The van der Waals surface area contributed by atoms with E-state index >= 15 is 0 Å². The Balaban J connectivity index is 1.67. The lowest BCUT2D eigenvalue weighted by atomic mass is 9.67. The Morgan fingerprint density at radius 3 is 2.52 bits per heavy atom. The number of rotatable bonds is 3. The quantitative estimate of drug-likeness (QED) is 0.200. The number of anilines is 2. The van der Waals surface area contributed by atoms with Crippen LogP contribution in [0.1, 0.15) is 49.4 Å². The molecule has 1 atom stereocenters. The molecule has 2 nitrogen and oxygen atoms in total. The summed E-state index contributed by atoms with van der Waals surface area (Å²) in [6.45, 7) is 15.6. The van der Waals surface area contributed by atoms with Gasteiger partial charge in [0.05, 0.1) is 11.4 Å². The highest BCUT2D eigenvalue weighted by molar-refractivity contribution is 6.11. The molecule has 218 valence electrons. The maximum atomic E-state index is 6.78. The molecule has 0 amide bonds. The molecule has 44 heavy (non-hydrogen) atoms. The summed E-state index contributed by atoms with van der Waals surface area (Å²) >= 11 is 0. The van der Waals surface area contributed by atoms with E-state index in [2.05, 4.69) is 149 Å². The van der Waals surface area contributed by atoms with Crippen molar-refractivity contribution in [2.24, 2.45) is 5.92 Å². The van der Waals surface area contributed by atoms with Crippen LogP contribution in [0.15, 0.2) is 131 Å². The zero-order valence-corrected chi connectivity index (χ0v) is 26.3. The fourth-order valence-electron chi connectivity index (χ4n) is 7.50. The fraction of sp³-hybridized carbons (Fsp3) is 0.190. The minimum absolute atomic E-state index is 0.168. The van der Waals surface area contributed by atoms with E-state index in [1.54, 1.807) is 0 Å². The molecule has 0 N–H and O–H groups in total. The van der Waals surface area contributed by atoms with Gasteiger partial charge in [-0.1, -0.05) is 124 Å². The summed E-state index contributed by atoms with van der Waals surface area (Å²) in [6, 6.07) is 30.6. The van der Waals surface area contributed by atoms with Crippen molar-refractivity contribution >= 4 is 39.4 Å². The number of furan rings is 1. The van der Waals surface area contributed by atoms with Crippen molar-refractivity contribution in [3.8, 4) is 11.1 Å². The lowest BCUT2D eigenvalue weighted by molar-refractivity contribution is 0.498. The molecule has 2 heteroatoms. The van der Waals surface area contributed by atoms with Crippen LogP contribution in [-0.2, 0) is 5.41 Å². The van der Waals surface area contributed by atoms with Crippen LogP contribution in [0.5, 0.6) is 0 Å². The van der Waals surface area contributed by atoms with E-state index in [0.717, 1.165) is 45.3 Å². The number of hydrogen-bond acceptors (Lipinski definition) is 2. The first-order chi connectivity index (χ1) is 21.3. The minimum atomic E-state index is -0.168. The van der Waals surface area contributed by atoms with Gasteiger partial charge >= 0.3 is 0 Å². The van der Waals surface area contributed by atoms with Gasteiger partial charge in [0.25, 0.3) is 0 Å². The molecule has 3 aromatic rings. The average molecular weight is 574 g/mol. The van der Waals surface area contributed by atoms with E-state index in [1.165, 1.54) is 39.1 Å². The van der Waals surface area contributed by atoms with Crippen LogP contribution in [-0.4, -0.2) is 0 Å². The third-order valence-electron chi connectivity index (χ3n) is 9.57. The lowest BCUT2D eigenvalue weighted by Crippen LogP contribution is -2.37. The summed E-state index contributed by atoms with van der Waals surface area (Å²) < 4.78 is 6.78. The molecule has 0 saturated carbocycles. The number of nitrogens with zero attached hydrogens (tertiary/aromatic N) is 1. The molecule has 0 bridgehead atoms. The minimum Gasteiger partial charge on any atom is -0.454 e. The van der Waals surface area contributed by atoms with Gasteiger partial charge in [0.1, 0.15) is 5.58 Å². The molecule has 7 rings (SSSR count). The molecular weight excluding hydrogens is 534 g/mol. The number of fused-ring (bicyclic) bond motifs is 6. The number of hydrogen-bond donors (Lipinski definition) is 0. The van der Waals surface area contributed by atoms with E-state index in [0.29, 0.717) is 5.92 Å². The number of aryl methyl sites for hydroxylation is 2. The van der Waals surface area contributed by atoms with Gasteiger partial charge < -0.3 is 9.32 Å². The van der Waals surface area contributed by atoms with Gasteiger partial charge in [0.2, 0.25) is 0 Å². The largest absolute Gasteiger partial charge is 0.454 e. The second-order valence-corrected chi connectivity index (χ2v) is 12.8. The Morgan fingerprint density at radius 1 is 0.886 bits per heavy atom. The first kappa shape index (κ1) is 28.0. The van der Waals surface area contributed by atoms with Crippen LogP contribution in [0.3, 0.4) is 0 Å². The zero-order chi connectivity index (χ0) is 30.6. The summed E-state index contributed by atoms with van der Waals surface area (Å²) in [5.74, 6) is 0.413. The third-order valence-corrected chi connectivity index (χ3v) is 9.57. The van der Waals surface area contributed by atoms with E-state index in [-0.39, 0.29) is 5.41 Å². The van der Waals surface area contributed by atoms with Crippen LogP contribution >= 0.6 is 0 Å². The molecular formula is C42H39NO. The maximum Gasteiger partial charge on any atom is 0.159 e. The number of para-hydroxylation sites is 1. The summed E-state index contributed by atoms with van der Waals surface area (Å²) in [5.41, 5.74) is 13.9. The molecule has 1 aliphatic heterocycles. The predicted octanol–water partition coefficient (Wildman–Crippen LogP) is 11.9. The summed E-state index contributed by atoms with van der Waals surface area (Å²) in [7, 11) is 0. The van der Waals surface area contributed by atoms with Gasteiger partial charge in [0, 0.05) is 27.4 Å². The van der Waals surface area contributed by atoms with Crippen LogP contribution in [0.2, 0.25) is 0 Å². The second kappa shape index (κ2) is 10.7. The average Bonchev–Trinajstić information content (AvgIpc) is 3.38. The highest BCUT2D eigenvalue weighted by Crippen LogP contribution is 2.56. The molecule has 0 radical (unpaired) electrons. The van der Waals surface area contributed by atoms with E-state index < -0.39 is 0 Å². The molecule has 3 aliphatic carbocycles. The van der Waals surface area contributed by atoms with Gasteiger partial charge in [-0.2, -0.15) is 0 Å². The molecule has 4 aliphatic rings. The Labute approximate surface area is 261 Å². The zero-order valence-electron chi connectivity index (χ0n) is 26.3. The molecule has 2 heterocycles. The topological polar surface area (TPSA) is 16.4 Å². The van der Waals surface area contributed by atoms with Crippen molar-refractivity contribution in [3.05, 3.63) is 149 Å². The SMILES string of the molecule is C=C/C=C\c1c(C)cc2c(C)cccccc-2ccc1N1C2=C(C(C)CC=C2)C(C)(C)c2ccc3c(oc4ccccc43)c21. The van der Waals surface area contributed by atoms with Gasteiger partial charge in [-0.15, -0.1) is 0 Å². The fourth-order valence-corrected chi connectivity index (χ4v) is 7.50. The highest BCUT2D eigenvalue weighted by atomic mass is 16.3. The van der Waals surface area contributed by atoms with E-state index in [1.807, 2.05) is 12.2 Å². The Morgan fingerprint density at radius 2 is 1.68 bits per heavy atom. The number of allylic oxidation sites excluding steroid dienone is 5. The molecule has 1 unspecified atom stereocenters. The smallest absolute Gasteiger partial charge is 0.159 e. The Bertz CT molecular complexity index is 2080. The van der Waals surface area contributed by atoms with Crippen molar-refractivity contribution in [2.45, 2.75) is 46.5 Å². The second-order valence-electron chi connectivity index (χ2n) is 12.8. The van der Waals surface area contributed by atoms with Gasteiger partial charge in [-0.25, -0.2) is 0 Å². The van der Waals surface area contributed by atoms with Crippen LogP contribution in [0.25, 0.3) is 39.1 Å². The van der Waals surface area contributed by atoms with Crippen LogP contribution < -0.4 is 4.90 Å². The van der Waals surface area contributed by atoms with Crippen molar-refractivity contribution in [1.82, 2.24) is 0 Å². The number of benzene rings is 2. The normalized spacial score (nSPS) is 17.3. The van der Waals surface area contributed by atoms with Crippen molar-refractivity contribution in [3.63, 3.8) is 0 Å². The first-order valence-electron chi connectivity index (χ1n) is 15.6. The molecule has 1 aromatic heterocycles. The first-order valence-corrected chi connectivity index (χ1v) is 15.6. The Hall–Kier alpha value is -4.82. The molecule has 2 aromatic carbocycles.